The molecule has 1 aliphatic rings. The number of ether oxygens (including phenoxy) is 1. The summed E-state index contributed by atoms with van der Waals surface area (Å²) in [4.78, 5) is 24.5. The molecule has 1 fully saturated rings. The van der Waals surface area contributed by atoms with E-state index in [2.05, 4.69) is 10.6 Å². The Morgan fingerprint density at radius 2 is 1.56 bits per heavy atom. The lowest BCUT2D eigenvalue weighted by Gasteiger charge is -2.18. The van der Waals surface area contributed by atoms with Gasteiger partial charge in [-0.2, -0.15) is 0 Å². The minimum absolute atomic E-state index is 0.164. The Morgan fingerprint density at radius 3 is 2.16 bits per heavy atom. The van der Waals surface area contributed by atoms with Crippen LogP contribution in [0.15, 0.2) is 60.7 Å². The number of rotatable bonds is 7. The second-order valence-corrected chi connectivity index (χ2v) is 6.23. The fourth-order valence-electron chi connectivity index (χ4n) is 2.50. The summed E-state index contributed by atoms with van der Waals surface area (Å²) in [7, 11) is 0. The Balaban J connectivity index is 1.57. The molecule has 25 heavy (non-hydrogen) atoms. The summed E-state index contributed by atoms with van der Waals surface area (Å²) in [6, 6.07) is 18.7. The first-order valence-corrected chi connectivity index (χ1v) is 8.52. The maximum Gasteiger partial charge on any atom is 0.408 e. The van der Waals surface area contributed by atoms with Gasteiger partial charge in [0.1, 0.15) is 12.6 Å². The van der Waals surface area contributed by atoms with Crippen LogP contribution in [0, 0.1) is 0 Å². The molecular weight excluding hydrogens is 316 g/mol. The molecule has 5 heteroatoms. The molecule has 2 N–H and O–H groups in total. The number of hydrogen-bond acceptors (Lipinski definition) is 3. The SMILES string of the molecule is O=C(N[C@@H](Cc1ccccc1)C(=O)NC1CC1)OCc1ccccc1. The maximum atomic E-state index is 12.4. The highest BCUT2D eigenvalue weighted by Crippen LogP contribution is 2.19. The molecule has 2 aromatic rings. The molecule has 5 nitrogen and oxygen atoms in total. The summed E-state index contributed by atoms with van der Waals surface area (Å²) in [5, 5.41) is 5.64. The Bertz CT molecular complexity index is 699. The standard InChI is InChI=1S/C20H22N2O3/c23-19(21-17-11-12-17)18(13-15-7-3-1-4-8-15)22-20(24)25-14-16-9-5-2-6-10-16/h1-10,17-18H,11-14H2,(H,21,23)(H,22,24)/t18-/m0/s1. The van der Waals surface area contributed by atoms with Gasteiger partial charge in [-0.25, -0.2) is 4.79 Å². The van der Waals surface area contributed by atoms with Crippen molar-refractivity contribution in [3.05, 3.63) is 71.8 Å². The molecule has 130 valence electrons. The lowest BCUT2D eigenvalue weighted by Crippen LogP contribution is -2.48. The fraction of sp³-hybridized carbons (Fsp3) is 0.300. The number of carbonyl (C=O) groups excluding carboxylic acids is 2. The first-order valence-electron chi connectivity index (χ1n) is 8.52. The highest BCUT2D eigenvalue weighted by molar-refractivity contribution is 5.86. The van der Waals surface area contributed by atoms with Crippen molar-refractivity contribution in [1.29, 1.82) is 0 Å². The van der Waals surface area contributed by atoms with Crippen LogP contribution >= 0.6 is 0 Å². The van der Waals surface area contributed by atoms with Gasteiger partial charge in [0.2, 0.25) is 5.91 Å². The van der Waals surface area contributed by atoms with Crippen molar-refractivity contribution in [1.82, 2.24) is 10.6 Å². The zero-order valence-corrected chi connectivity index (χ0v) is 14.0. The molecule has 1 aliphatic carbocycles. The zero-order chi connectivity index (χ0) is 17.5. The van der Waals surface area contributed by atoms with Crippen molar-refractivity contribution in [2.75, 3.05) is 0 Å². The number of carbonyl (C=O) groups is 2. The molecule has 0 bridgehead atoms. The quantitative estimate of drug-likeness (QED) is 0.816. The number of hydrogen-bond donors (Lipinski definition) is 2. The average Bonchev–Trinajstić information content (AvgIpc) is 3.45. The third-order valence-electron chi connectivity index (χ3n) is 4.03. The van der Waals surface area contributed by atoms with Crippen molar-refractivity contribution in [2.24, 2.45) is 0 Å². The van der Waals surface area contributed by atoms with E-state index in [1.165, 1.54) is 0 Å². The highest BCUT2D eigenvalue weighted by Gasteiger charge is 2.28. The molecule has 0 unspecified atom stereocenters. The molecule has 0 saturated heterocycles. The normalized spacial score (nSPS) is 14.4. The molecular formula is C20H22N2O3. The number of nitrogens with one attached hydrogen (secondary N) is 2. The maximum absolute atomic E-state index is 12.4. The first kappa shape index (κ1) is 17.0. The summed E-state index contributed by atoms with van der Waals surface area (Å²) in [5.74, 6) is -0.164. The van der Waals surface area contributed by atoms with Gasteiger partial charge in [0.25, 0.3) is 0 Å². The summed E-state index contributed by atoms with van der Waals surface area (Å²) in [6.45, 7) is 0.176. The van der Waals surface area contributed by atoms with Gasteiger partial charge in [-0.15, -0.1) is 0 Å². The number of alkyl carbamates (subject to hydrolysis) is 1. The Kier molecular flexibility index (Phi) is 5.67. The summed E-state index contributed by atoms with van der Waals surface area (Å²) in [5.41, 5.74) is 1.89. The fourth-order valence-corrected chi connectivity index (χ4v) is 2.50. The van der Waals surface area contributed by atoms with Gasteiger partial charge in [-0.1, -0.05) is 60.7 Å². The van der Waals surface area contributed by atoms with Crippen LogP contribution in [0.25, 0.3) is 0 Å². The van der Waals surface area contributed by atoms with Crippen molar-refractivity contribution < 1.29 is 14.3 Å². The highest BCUT2D eigenvalue weighted by atomic mass is 16.5. The molecule has 0 heterocycles. The summed E-state index contributed by atoms with van der Waals surface area (Å²) in [6.07, 6.45) is 1.85. The Hall–Kier alpha value is -2.82. The third kappa shape index (κ3) is 5.64. The van der Waals surface area contributed by atoms with E-state index in [1.54, 1.807) is 0 Å². The van der Waals surface area contributed by atoms with Crippen LogP contribution in [0.3, 0.4) is 0 Å². The predicted octanol–water partition coefficient (Wildman–Crippen LogP) is 2.80. The lowest BCUT2D eigenvalue weighted by molar-refractivity contribution is -0.123. The van der Waals surface area contributed by atoms with Gasteiger partial charge in [-0.05, 0) is 24.0 Å². The van der Waals surface area contributed by atoms with Gasteiger partial charge in [0, 0.05) is 12.5 Å². The molecule has 0 aromatic heterocycles. The van der Waals surface area contributed by atoms with Crippen molar-refractivity contribution in [2.45, 2.75) is 38.0 Å². The van der Waals surface area contributed by atoms with Crippen LogP contribution in [0.1, 0.15) is 24.0 Å². The van der Waals surface area contributed by atoms with E-state index in [9.17, 15) is 9.59 Å². The minimum Gasteiger partial charge on any atom is -0.445 e. The molecule has 0 radical (unpaired) electrons. The largest absolute Gasteiger partial charge is 0.445 e. The van der Waals surface area contributed by atoms with E-state index in [4.69, 9.17) is 4.74 Å². The van der Waals surface area contributed by atoms with Crippen LogP contribution in [0.4, 0.5) is 4.79 Å². The van der Waals surface area contributed by atoms with E-state index in [0.29, 0.717) is 6.42 Å². The van der Waals surface area contributed by atoms with E-state index in [-0.39, 0.29) is 18.6 Å². The molecule has 2 aromatic carbocycles. The molecule has 2 amide bonds. The van der Waals surface area contributed by atoms with Crippen molar-refractivity contribution >= 4 is 12.0 Å². The van der Waals surface area contributed by atoms with Crippen LogP contribution in [0.2, 0.25) is 0 Å². The van der Waals surface area contributed by atoms with Gasteiger partial charge < -0.3 is 15.4 Å². The van der Waals surface area contributed by atoms with Crippen LogP contribution in [-0.2, 0) is 22.6 Å². The molecule has 1 atom stereocenters. The second kappa shape index (κ2) is 8.33. The minimum atomic E-state index is -0.647. The van der Waals surface area contributed by atoms with Crippen LogP contribution in [0.5, 0.6) is 0 Å². The molecule has 1 saturated carbocycles. The van der Waals surface area contributed by atoms with E-state index in [0.717, 1.165) is 24.0 Å². The Labute approximate surface area is 147 Å². The van der Waals surface area contributed by atoms with Crippen LogP contribution < -0.4 is 10.6 Å². The molecule has 0 aliphatic heterocycles. The summed E-state index contributed by atoms with van der Waals surface area (Å²) >= 11 is 0. The second-order valence-electron chi connectivity index (χ2n) is 6.23. The third-order valence-corrected chi connectivity index (χ3v) is 4.03. The smallest absolute Gasteiger partial charge is 0.408 e. The van der Waals surface area contributed by atoms with Crippen molar-refractivity contribution in [3.8, 4) is 0 Å². The number of benzene rings is 2. The van der Waals surface area contributed by atoms with Gasteiger partial charge in [-0.3, -0.25) is 4.79 Å². The monoisotopic (exact) mass is 338 g/mol. The lowest BCUT2D eigenvalue weighted by atomic mass is 10.1. The van der Waals surface area contributed by atoms with Gasteiger partial charge in [0.15, 0.2) is 0 Å². The van der Waals surface area contributed by atoms with E-state index < -0.39 is 12.1 Å². The number of amides is 2. The average molecular weight is 338 g/mol. The van der Waals surface area contributed by atoms with E-state index in [1.807, 2.05) is 60.7 Å². The first-order chi connectivity index (χ1) is 12.2. The van der Waals surface area contributed by atoms with Crippen LogP contribution in [-0.4, -0.2) is 24.1 Å². The molecule has 3 rings (SSSR count). The predicted molar refractivity (Wildman–Crippen MR) is 94.9 cm³/mol. The van der Waals surface area contributed by atoms with Gasteiger partial charge >= 0.3 is 6.09 Å². The van der Waals surface area contributed by atoms with Crippen molar-refractivity contribution in [3.63, 3.8) is 0 Å². The zero-order valence-electron chi connectivity index (χ0n) is 14.0. The summed E-state index contributed by atoms with van der Waals surface area (Å²) < 4.78 is 5.24. The topological polar surface area (TPSA) is 67.4 Å². The Morgan fingerprint density at radius 1 is 0.960 bits per heavy atom. The molecule has 0 spiro atoms. The van der Waals surface area contributed by atoms with E-state index >= 15 is 0 Å². The van der Waals surface area contributed by atoms with Gasteiger partial charge in [0.05, 0.1) is 0 Å².